The Balaban J connectivity index is 3.87. The largest absolute Gasteiger partial charge is 0.467 e. The van der Waals surface area contributed by atoms with Crippen LogP contribution in [0.1, 0.15) is 0 Å². The molecule has 4 nitrogen and oxygen atoms in total. The van der Waals surface area contributed by atoms with E-state index in [0.717, 1.165) is 0 Å². The van der Waals surface area contributed by atoms with Crippen LogP contribution in [0.5, 0.6) is 0 Å². The fourth-order valence-electron chi connectivity index (χ4n) is 0.196. The molecule has 0 aromatic carbocycles. The number of methoxy groups -OCH3 is 1. The maximum absolute atomic E-state index is 10.4. The number of esters is 1. The van der Waals surface area contributed by atoms with Gasteiger partial charge in [0.25, 0.3) is 0 Å². The zero-order valence-electron chi connectivity index (χ0n) is 4.63. The Hall–Kier alpha value is -0.670. The van der Waals surface area contributed by atoms with E-state index in [1.807, 2.05) is 0 Å². The third-order valence-corrected chi connectivity index (χ3v) is 1.14. The van der Waals surface area contributed by atoms with Crippen LogP contribution in [0, 0.1) is 0 Å². The summed E-state index contributed by atoms with van der Waals surface area (Å²) in [6.45, 7) is 0. The van der Waals surface area contributed by atoms with Gasteiger partial charge in [-0.1, -0.05) is 0 Å². The Morgan fingerprint density at radius 3 is 2.78 bits per heavy atom. The molecule has 0 saturated carbocycles. The Bertz CT molecular complexity index is 152. The molecule has 50 valence electrons. The second-order valence-corrected chi connectivity index (χ2v) is 1.95. The molecule has 0 heterocycles. The van der Waals surface area contributed by atoms with Crippen molar-refractivity contribution in [3.8, 4) is 0 Å². The maximum atomic E-state index is 10.4. The van der Waals surface area contributed by atoms with Gasteiger partial charge in [0.05, 0.1) is 7.11 Å². The number of carbonyl (C=O) groups excluding carboxylic acids is 2. The van der Waals surface area contributed by atoms with Crippen molar-refractivity contribution in [2.24, 2.45) is 4.99 Å². The first-order valence-corrected chi connectivity index (χ1v) is 2.92. The first kappa shape index (κ1) is 8.33. The molecule has 0 aliphatic carbocycles. The van der Waals surface area contributed by atoms with Gasteiger partial charge in [-0.05, 0) is 15.9 Å². The number of rotatable bonds is 2. The Kier molecular flexibility index (Phi) is 3.92. The lowest BCUT2D eigenvalue weighted by atomic mass is 10.7. The zero-order valence-corrected chi connectivity index (χ0v) is 6.21. The van der Waals surface area contributed by atoms with Gasteiger partial charge in [-0.2, -0.15) is 4.99 Å². The number of alkyl halides is 1. The molecule has 0 radical (unpaired) electrons. The average molecular weight is 194 g/mol. The smallest absolute Gasteiger partial charge is 0.342 e. The summed E-state index contributed by atoms with van der Waals surface area (Å²) in [6.07, 6.45) is 1.21. The van der Waals surface area contributed by atoms with Crippen molar-refractivity contribution < 1.29 is 14.3 Å². The summed E-state index contributed by atoms with van der Waals surface area (Å²) in [5.74, 6) is -0.613. The van der Waals surface area contributed by atoms with Crippen LogP contribution in [-0.2, 0) is 14.3 Å². The molecule has 0 aliphatic heterocycles. The molecule has 0 N–H and O–H groups in total. The number of halogens is 1. The van der Waals surface area contributed by atoms with Crippen molar-refractivity contribution in [2.75, 3.05) is 7.11 Å². The molecule has 0 bridgehead atoms. The minimum Gasteiger partial charge on any atom is -0.467 e. The maximum Gasteiger partial charge on any atom is 0.342 e. The number of carbonyl (C=O) groups is 1. The van der Waals surface area contributed by atoms with E-state index in [1.165, 1.54) is 13.2 Å². The molecule has 0 aromatic rings. The summed E-state index contributed by atoms with van der Waals surface area (Å²) in [5, 5.41) is 0. The lowest BCUT2D eigenvalue weighted by Crippen LogP contribution is -2.12. The van der Waals surface area contributed by atoms with Crippen LogP contribution in [0.15, 0.2) is 4.99 Å². The van der Waals surface area contributed by atoms with Crippen molar-refractivity contribution in [1.29, 1.82) is 0 Å². The highest BCUT2D eigenvalue weighted by Crippen LogP contribution is 2.00. The molecule has 0 saturated heterocycles. The number of hydrogen-bond donors (Lipinski definition) is 0. The molecule has 0 spiro atoms. The van der Waals surface area contributed by atoms with E-state index in [9.17, 15) is 9.59 Å². The minimum atomic E-state index is -0.917. The van der Waals surface area contributed by atoms with Crippen molar-refractivity contribution in [1.82, 2.24) is 0 Å². The fourth-order valence-corrected chi connectivity index (χ4v) is 0.467. The molecular formula is C4H4BrNO3. The van der Waals surface area contributed by atoms with Gasteiger partial charge in [0, 0.05) is 0 Å². The van der Waals surface area contributed by atoms with Gasteiger partial charge in [0.15, 0.2) is 0 Å². The number of hydrogen-bond acceptors (Lipinski definition) is 4. The molecule has 0 aliphatic rings. The Morgan fingerprint density at radius 2 is 2.44 bits per heavy atom. The molecule has 1 atom stereocenters. The Labute approximate surface area is 60.0 Å². The monoisotopic (exact) mass is 193 g/mol. The highest BCUT2D eigenvalue weighted by Gasteiger charge is 2.11. The van der Waals surface area contributed by atoms with Crippen LogP contribution in [-0.4, -0.2) is 24.1 Å². The van der Waals surface area contributed by atoms with E-state index in [1.54, 1.807) is 0 Å². The van der Waals surface area contributed by atoms with Crippen molar-refractivity contribution in [2.45, 2.75) is 4.95 Å². The summed E-state index contributed by atoms with van der Waals surface area (Å²) >= 11 is 2.76. The van der Waals surface area contributed by atoms with E-state index in [-0.39, 0.29) is 0 Å². The summed E-state index contributed by atoms with van der Waals surface area (Å²) in [7, 11) is 1.21. The molecule has 0 rings (SSSR count). The van der Waals surface area contributed by atoms with Crippen LogP contribution in [0.4, 0.5) is 0 Å². The fraction of sp³-hybridized carbons (Fsp3) is 0.500. The minimum absolute atomic E-state index is 0.613. The molecular weight excluding hydrogens is 190 g/mol. The van der Waals surface area contributed by atoms with Gasteiger partial charge < -0.3 is 4.74 Å². The SMILES string of the molecule is COC(=O)C(Br)N=C=O. The highest BCUT2D eigenvalue weighted by atomic mass is 79.9. The van der Waals surface area contributed by atoms with Crippen molar-refractivity contribution in [3.63, 3.8) is 0 Å². The van der Waals surface area contributed by atoms with E-state index < -0.39 is 10.9 Å². The quantitative estimate of drug-likeness (QED) is 0.207. The first-order valence-electron chi connectivity index (χ1n) is 2.01. The molecule has 0 amide bonds. The molecule has 5 heteroatoms. The van der Waals surface area contributed by atoms with Crippen LogP contribution >= 0.6 is 15.9 Å². The predicted octanol–water partition coefficient (Wildman–Crippen LogP) is 0.216. The predicted molar refractivity (Wildman–Crippen MR) is 32.9 cm³/mol. The van der Waals surface area contributed by atoms with E-state index >= 15 is 0 Å². The summed E-state index contributed by atoms with van der Waals surface area (Å²) in [6, 6.07) is 0. The topological polar surface area (TPSA) is 55.7 Å². The summed E-state index contributed by atoms with van der Waals surface area (Å²) < 4.78 is 4.21. The normalized spacial score (nSPS) is 11.3. The zero-order chi connectivity index (χ0) is 7.28. The standard InChI is InChI=1S/C4H4BrNO3/c1-9-4(8)3(5)6-2-7/h3H,1H3. The van der Waals surface area contributed by atoms with Crippen LogP contribution in [0.2, 0.25) is 0 Å². The number of nitrogens with zero attached hydrogens (tertiary/aromatic N) is 1. The van der Waals surface area contributed by atoms with E-state index in [2.05, 4.69) is 25.7 Å². The molecule has 1 unspecified atom stereocenters. The lowest BCUT2D eigenvalue weighted by molar-refractivity contribution is -0.139. The molecule has 0 fully saturated rings. The second kappa shape index (κ2) is 4.23. The summed E-state index contributed by atoms with van der Waals surface area (Å²) in [4.78, 5) is 22.0. The van der Waals surface area contributed by atoms with Gasteiger partial charge in [0.2, 0.25) is 11.0 Å². The number of isocyanates is 1. The van der Waals surface area contributed by atoms with Gasteiger partial charge in [-0.15, -0.1) is 0 Å². The molecule has 9 heavy (non-hydrogen) atoms. The third-order valence-electron chi connectivity index (χ3n) is 0.562. The number of aliphatic imine (C=N–C) groups is 1. The number of ether oxygens (including phenoxy) is 1. The highest BCUT2D eigenvalue weighted by molar-refractivity contribution is 9.10. The van der Waals surface area contributed by atoms with Crippen molar-refractivity contribution in [3.05, 3.63) is 0 Å². The van der Waals surface area contributed by atoms with Gasteiger partial charge in [0.1, 0.15) is 0 Å². The second-order valence-electron chi connectivity index (χ2n) is 1.08. The van der Waals surface area contributed by atoms with Crippen LogP contribution in [0.3, 0.4) is 0 Å². The van der Waals surface area contributed by atoms with Gasteiger partial charge in [-0.3, -0.25) is 0 Å². The van der Waals surface area contributed by atoms with Gasteiger partial charge >= 0.3 is 5.97 Å². The third kappa shape index (κ3) is 3.00. The van der Waals surface area contributed by atoms with Crippen LogP contribution < -0.4 is 0 Å². The summed E-state index contributed by atoms with van der Waals surface area (Å²) in [5.41, 5.74) is 0. The average Bonchev–Trinajstić information content (AvgIpc) is 1.87. The first-order chi connectivity index (χ1) is 4.22. The van der Waals surface area contributed by atoms with E-state index in [4.69, 9.17) is 0 Å². The Morgan fingerprint density at radius 1 is 1.89 bits per heavy atom. The molecule has 0 aromatic heterocycles. The van der Waals surface area contributed by atoms with Gasteiger partial charge in [-0.25, -0.2) is 9.59 Å². The van der Waals surface area contributed by atoms with Crippen molar-refractivity contribution >= 4 is 28.0 Å². The van der Waals surface area contributed by atoms with E-state index in [0.29, 0.717) is 0 Å². The van der Waals surface area contributed by atoms with Crippen LogP contribution in [0.25, 0.3) is 0 Å². The lowest BCUT2D eigenvalue weighted by Gasteiger charge is -1.96.